The fourth-order valence-corrected chi connectivity index (χ4v) is 2.84. The van der Waals surface area contributed by atoms with E-state index in [4.69, 9.17) is 10.7 Å². The minimum atomic E-state index is -0.378. The van der Waals surface area contributed by atoms with Crippen LogP contribution >= 0.6 is 0 Å². The molecule has 0 atom stereocenters. The highest BCUT2D eigenvalue weighted by Gasteiger charge is 2.15. The quantitative estimate of drug-likeness (QED) is 0.546. The maximum absolute atomic E-state index is 11.0. The molecule has 1 aromatic carbocycles. The van der Waals surface area contributed by atoms with E-state index in [2.05, 4.69) is 11.9 Å². The van der Waals surface area contributed by atoms with E-state index in [9.17, 15) is 10.1 Å². The monoisotopic (exact) mass is 339 g/mol. The molecule has 0 unspecified atom stereocenters. The summed E-state index contributed by atoms with van der Waals surface area (Å²) in [5, 5.41) is 11.0. The fraction of sp³-hybridized carbons (Fsp3) is 0.333. The van der Waals surface area contributed by atoms with Crippen molar-refractivity contribution in [3.63, 3.8) is 0 Å². The highest BCUT2D eigenvalue weighted by Crippen LogP contribution is 2.23. The molecule has 0 aliphatic carbocycles. The largest absolute Gasteiger partial charge is 0.397 e. The number of rotatable bonds is 6. The van der Waals surface area contributed by atoms with Crippen LogP contribution in [0.1, 0.15) is 36.8 Å². The van der Waals surface area contributed by atoms with E-state index < -0.39 is 0 Å². The lowest BCUT2D eigenvalue weighted by molar-refractivity contribution is -0.384. The van der Waals surface area contributed by atoms with Gasteiger partial charge >= 0.3 is 0 Å². The van der Waals surface area contributed by atoms with Crippen LogP contribution < -0.4 is 5.73 Å². The zero-order valence-corrected chi connectivity index (χ0v) is 14.4. The highest BCUT2D eigenvalue weighted by atomic mass is 16.6. The Labute approximate surface area is 145 Å². The summed E-state index contributed by atoms with van der Waals surface area (Å²) in [6, 6.07) is 8.52. The lowest BCUT2D eigenvalue weighted by Crippen LogP contribution is -2.07. The van der Waals surface area contributed by atoms with E-state index in [0.717, 1.165) is 47.5 Å². The number of anilines is 1. The van der Waals surface area contributed by atoms with Crippen LogP contribution in [0.5, 0.6) is 0 Å². The summed E-state index contributed by atoms with van der Waals surface area (Å²) in [7, 11) is 0. The average molecular weight is 339 g/mol. The van der Waals surface area contributed by atoms with Gasteiger partial charge in [0.1, 0.15) is 11.3 Å². The molecule has 25 heavy (non-hydrogen) atoms. The molecule has 7 heteroatoms. The van der Waals surface area contributed by atoms with E-state index >= 15 is 0 Å². The summed E-state index contributed by atoms with van der Waals surface area (Å²) in [6.07, 6.45) is 2.92. The first-order valence-electron chi connectivity index (χ1n) is 8.35. The molecule has 0 fully saturated rings. The third kappa shape index (κ3) is 3.45. The van der Waals surface area contributed by atoms with Gasteiger partial charge < -0.3 is 10.3 Å². The number of fused-ring (bicyclic) bond motifs is 1. The van der Waals surface area contributed by atoms with Crippen molar-refractivity contribution in [3.05, 3.63) is 57.5 Å². The van der Waals surface area contributed by atoms with Crippen molar-refractivity contribution in [2.45, 2.75) is 39.7 Å². The number of benzene rings is 1. The van der Waals surface area contributed by atoms with Crippen LogP contribution in [0, 0.1) is 17.0 Å². The van der Waals surface area contributed by atoms with Crippen molar-refractivity contribution in [1.82, 2.24) is 14.5 Å². The van der Waals surface area contributed by atoms with Gasteiger partial charge in [0.15, 0.2) is 5.65 Å². The number of nitro groups is 1. The van der Waals surface area contributed by atoms with Gasteiger partial charge in [-0.05, 0) is 25.0 Å². The molecule has 2 heterocycles. The summed E-state index contributed by atoms with van der Waals surface area (Å²) in [5.41, 5.74) is 9.81. The van der Waals surface area contributed by atoms with Gasteiger partial charge in [-0.2, -0.15) is 0 Å². The Bertz CT molecular complexity index is 933. The average Bonchev–Trinajstić information content (AvgIpc) is 2.90. The minimum Gasteiger partial charge on any atom is -0.397 e. The molecule has 7 nitrogen and oxygen atoms in total. The van der Waals surface area contributed by atoms with Crippen LogP contribution in [0.3, 0.4) is 0 Å². The molecule has 0 radical (unpaired) electrons. The Morgan fingerprint density at radius 1 is 1.28 bits per heavy atom. The number of non-ortho nitro benzene ring substituents is 1. The molecule has 3 rings (SSSR count). The van der Waals surface area contributed by atoms with Crippen molar-refractivity contribution in [1.29, 1.82) is 0 Å². The Morgan fingerprint density at radius 2 is 2.08 bits per heavy atom. The third-order valence-electron chi connectivity index (χ3n) is 4.25. The normalized spacial score (nSPS) is 11.1. The summed E-state index contributed by atoms with van der Waals surface area (Å²) in [5.74, 6) is 0.931. The summed E-state index contributed by atoms with van der Waals surface area (Å²) in [6.45, 7) is 4.49. The molecule has 2 N–H and O–H groups in total. The van der Waals surface area contributed by atoms with Crippen LogP contribution in [0.2, 0.25) is 0 Å². The number of aromatic nitrogens is 3. The number of pyridine rings is 1. The number of hydrogen-bond donors (Lipinski definition) is 1. The number of nitro benzene ring substituents is 1. The number of hydrogen-bond acceptors (Lipinski definition) is 5. The zero-order valence-electron chi connectivity index (χ0n) is 14.4. The van der Waals surface area contributed by atoms with Crippen LogP contribution in [-0.2, 0) is 13.0 Å². The molecule has 0 saturated heterocycles. The van der Waals surface area contributed by atoms with E-state index in [0.29, 0.717) is 12.2 Å². The second kappa shape index (κ2) is 6.88. The number of aryl methyl sites for hydroxylation is 2. The molecule has 0 saturated carbocycles. The SMILES string of the molecule is CCCCc1nc2cc(N)c(C)nc2n1Cc1cccc([N+](=O)[O-])c1. The molecule has 130 valence electrons. The standard InChI is InChI=1S/C18H21N5O2/c1-3-4-8-17-21-16-10-15(19)12(2)20-18(16)22(17)11-13-6-5-7-14(9-13)23(24)25/h5-7,9-10H,3-4,8,11,19H2,1-2H3. The second-order valence-corrected chi connectivity index (χ2v) is 6.15. The van der Waals surface area contributed by atoms with E-state index in [1.54, 1.807) is 12.1 Å². The highest BCUT2D eigenvalue weighted by molar-refractivity contribution is 5.76. The molecule has 0 bridgehead atoms. The van der Waals surface area contributed by atoms with Gasteiger partial charge in [-0.1, -0.05) is 25.5 Å². The molecule has 0 aliphatic rings. The zero-order chi connectivity index (χ0) is 18.0. The summed E-state index contributed by atoms with van der Waals surface area (Å²) in [4.78, 5) is 19.9. The van der Waals surface area contributed by atoms with Gasteiger partial charge in [0.2, 0.25) is 0 Å². The van der Waals surface area contributed by atoms with Crippen LogP contribution in [-0.4, -0.2) is 19.5 Å². The Balaban J connectivity index is 2.07. The predicted octanol–water partition coefficient (Wildman–Crippen LogP) is 3.62. The van der Waals surface area contributed by atoms with Crippen LogP contribution in [0.15, 0.2) is 30.3 Å². The summed E-state index contributed by atoms with van der Waals surface area (Å²) >= 11 is 0. The molecule has 3 aromatic rings. The number of nitrogens with zero attached hydrogens (tertiary/aromatic N) is 4. The third-order valence-corrected chi connectivity index (χ3v) is 4.25. The van der Waals surface area contributed by atoms with Crippen molar-refractivity contribution in [3.8, 4) is 0 Å². The topological polar surface area (TPSA) is 99.9 Å². The lowest BCUT2D eigenvalue weighted by Gasteiger charge is -2.09. The first-order valence-corrected chi connectivity index (χ1v) is 8.35. The number of imidazole rings is 1. The minimum absolute atomic E-state index is 0.0883. The first-order chi connectivity index (χ1) is 12.0. The maximum Gasteiger partial charge on any atom is 0.269 e. The Morgan fingerprint density at radius 3 is 2.80 bits per heavy atom. The van der Waals surface area contributed by atoms with Crippen LogP contribution in [0.4, 0.5) is 11.4 Å². The Kier molecular flexibility index (Phi) is 4.65. The van der Waals surface area contributed by atoms with Gasteiger partial charge in [-0.15, -0.1) is 0 Å². The van der Waals surface area contributed by atoms with Gasteiger partial charge in [-0.3, -0.25) is 10.1 Å². The van der Waals surface area contributed by atoms with Gasteiger partial charge in [0, 0.05) is 18.6 Å². The lowest BCUT2D eigenvalue weighted by atomic mass is 10.2. The molecule has 0 aliphatic heterocycles. The number of nitrogens with two attached hydrogens (primary N) is 1. The van der Waals surface area contributed by atoms with Gasteiger partial charge in [0.25, 0.3) is 5.69 Å². The molecular formula is C18H21N5O2. The van der Waals surface area contributed by atoms with Crippen molar-refractivity contribution >= 4 is 22.5 Å². The molecule has 2 aromatic heterocycles. The first kappa shape index (κ1) is 16.9. The smallest absolute Gasteiger partial charge is 0.269 e. The van der Waals surface area contributed by atoms with E-state index in [1.807, 2.05) is 23.6 Å². The van der Waals surface area contributed by atoms with E-state index in [1.165, 1.54) is 6.07 Å². The van der Waals surface area contributed by atoms with Crippen molar-refractivity contribution < 1.29 is 4.92 Å². The second-order valence-electron chi connectivity index (χ2n) is 6.15. The van der Waals surface area contributed by atoms with Crippen LogP contribution in [0.25, 0.3) is 11.2 Å². The molecule has 0 spiro atoms. The van der Waals surface area contributed by atoms with E-state index in [-0.39, 0.29) is 10.6 Å². The summed E-state index contributed by atoms with van der Waals surface area (Å²) < 4.78 is 2.04. The number of unbranched alkanes of at least 4 members (excludes halogenated alkanes) is 1. The molecule has 0 amide bonds. The van der Waals surface area contributed by atoms with Gasteiger partial charge in [-0.25, -0.2) is 9.97 Å². The van der Waals surface area contributed by atoms with Gasteiger partial charge in [0.05, 0.1) is 22.8 Å². The fourth-order valence-electron chi connectivity index (χ4n) is 2.84. The van der Waals surface area contributed by atoms with Crippen molar-refractivity contribution in [2.75, 3.05) is 5.73 Å². The molecular weight excluding hydrogens is 318 g/mol. The Hall–Kier alpha value is -2.96. The number of nitrogen functional groups attached to an aromatic ring is 1. The maximum atomic E-state index is 11.0. The predicted molar refractivity (Wildman–Crippen MR) is 97.5 cm³/mol. The van der Waals surface area contributed by atoms with Crippen molar-refractivity contribution in [2.24, 2.45) is 0 Å².